The molecular formula is C17H22F3N7O. The van der Waals surface area contributed by atoms with Gasteiger partial charge >= 0.3 is 6.18 Å². The van der Waals surface area contributed by atoms with Gasteiger partial charge in [-0.15, -0.1) is 0 Å². The van der Waals surface area contributed by atoms with Crippen molar-refractivity contribution in [1.82, 2.24) is 30.4 Å². The van der Waals surface area contributed by atoms with E-state index in [9.17, 15) is 13.2 Å². The highest BCUT2D eigenvalue weighted by Crippen LogP contribution is 2.29. The minimum Gasteiger partial charge on any atom is -0.476 e. The summed E-state index contributed by atoms with van der Waals surface area (Å²) in [5, 5.41) is 10.8. The van der Waals surface area contributed by atoms with Gasteiger partial charge in [0.05, 0.1) is 18.7 Å². The van der Waals surface area contributed by atoms with Crippen LogP contribution in [0.5, 0.6) is 5.88 Å². The molecule has 0 bridgehead atoms. The number of aromatic nitrogens is 4. The normalized spacial score (nSPS) is 17.2. The molecule has 3 heterocycles. The largest absolute Gasteiger partial charge is 0.476 e. The van der Waals surface area contributed by atoms with Crippen LogP contribution in [0.2, 0.25) is 0 Å². The first-order valence-corrected chi connectivity index (χ1v) is 8.88. The van der Waals surface area contributed by atoms with E-state index in [1.54, 1.807) is 7.05 Å². The molecular weight excluding hydrogens is 375 g/mol. The van der Waals surface area contributed by atoms with Gasteiger partial charge in [0.25, 0.3) is 0 Å². The first-order chi connectivity index (χ1) is 13.3. The minimum absolute atomic E-state index is 0.138. The minimum atomic E-state index is -4.41. The molecule has 2 aromatic heterocycles. The summed E-state index contributed by atoms with van der Waals surface area (Å²) in [5.74, 6) is 2.52. The third kappa shape index (κ3) is 5.11. The highest BCUT2D eigenvalue weighted by molar-refractivity contribution is 5.79. The van der Waals surface area contributed by atoms with E-state index in [1.165, 1.54) is 6.07 Å². The summed E-state index contributed by atoms with van der Waals surface area (Å²) in [4.78, 5) is 12.2. The van der Waals surface area contributed by atoms with E-state index >= 15 is 0 Å². The van der Waals surface area contributed by atoms with Gasteiger partial charge in [-0.2, -0.15) is 18.3 Å². The number of aliphatic imine (C=N–C) groups is 1. The lowest BCUT2D eigenvalue weighted by Crippen LogP contribution is -2.47. The van der Waals surface area contributed by atoms with Crippen molar-refractivity contribution in [1.29, 1.82) is 0 Å². The van der Waals surface area contributed by atoms with E-state index < -0.39 is 11.7 Å². The predicted molar refractivity (Wildman–Crippen MR) is 96.1 cm³/mol. The van der Waals surface area contributed by atoms with Crippen LogP contribution in [0.4, 0.5) is 13.2 Å². The fourth-order valence-electron chi connectivity index (χ4n) is 2.90. The summed E-state index contributed by atoms with van der Waals surface area (Å²) in [6, 6.07) is 2.33. The quantitative estimate of drug-likeness (QED) is 0.452. The lowest BCUT2D eigenvalue weighted by atomic mass is 10.1. The highest BCUT2D eigenvalue weighted by atomic mass is 19.4. The van der Waals surface area contributed by atoms with Gasteiger partial charge in [0.2, 0.25) is 5.88 Å². The van der Waals surface area contributed by atoms with Crippen LogP contribution in [-0.2, 0) is 19.1 Å². The SMILES string of the molecule is CN=C(NCCOc1ccc(C(F)(F)F)cn1)NC1CCc2nc(C)nn2C1. The molecule has 0 amide bonds. The van der Waals surface area contributed by atoms with Crippen LogP contribution >= 0.6 is 0 Å². The van der Waals surface area contributed by atoms with Gasteiger partial charge in [-0.3, -0.25) is 4.99 Å². The number of guanidine groups is 1. The number of alkyl halides is 3. The summed E-state index contributed by atoms with van der Waals surface area (Å²) in [6.07, 6.45) is -1.88. The van der Waals surface area contributed by atoms with E-state index in [2.05, 4.69) is 30.7 Å². The van der Waals surface area contributed by atoms with Crippen LogP contribution in [-0.4, -0.2) is 51.9 Å². The summed E-state index contributed by atoms with van der Waals surface area (Å²) in [6.45, 7) is 3.24. The molecule has 0 radical (unpaired) electrons. The molecule has 1 unspecified atom stereocenters. The number of pyridine rings is 1. The molecule has 2 aromatic rings. The number of hydrogen-bond donors (Lipinski definition) is 2. The maximum Gasteiger partial charge on any atom is 0.417 e. The van der Waals surface area contributed by atoms with Crippen LogP contribution in [0.15, 0.2) is 23.3 Å². The second kappa shape index (κ2) is 8.44. The van der Waals surface area contributed by atoms with Crippen molar-refractivity contribution in [2.45, 2.75) is 38.5 Å². The third-order valence-electron chi connectivity index (χ3n) is 4.24. The highest BCUT2D eigenvalue weighted by Gasteiger charge is 2.30. The number of hydrogen-bond acceptors (Lipinski definition) is 5. The van der Waals surface area contributed by atoms with Gasteiger partial charge in [0.1, 0.15) is 18.3 Å². The molecule has 152 valence electrons. The number of ether oxygens (including phenoxy) is 1. The Kier molecular flexibility index (Phi) is 6.00. The maximum absolute atomic E-state index is 12.5. The topological polar surface area (TPSA) is 89.2 Å². The Morgan fingerprint density at radius 1 is 1.39 bits per heavy atom. The van der Waals surface area contributed by atoms with Gasteiger partial charge in [0.15, 0.2) is 5.96 Å². The number of aryl methyl sites for hydroxylation is 2. The standard InChI is InChI=1S/C17H22F3N7O/c1-11-24-14-5-4-13(10-27(14)26-11)25-16(21-2)22-7-8-28-15-6-3-12(9-23-15)17(18,19)20/h3,6,9,13H,4-5,7-8,10H2,1-2H3,(H2,21,22,25). The summed E-state index contributed by atoms with van der Waals surface area (Å²) >= 11 is 0. The second-order valence-electron chi connectivity index (χ2n) is 6.37. The van der Waals surface area contributed by atoms with Crippen molar-refractivity contribution >= 4 is 5.96 Å². The Labute approximate surface area is 160 Å². The van der Waals surface area contributed by atoms with Crippen molar-refractivity contribution in [3.05, 3.63) is 35.5 Å². The van der Waals surface area contributed by atoms with Crippen molar-refractivity contribution in [3.8, 4) is 5.88 Å². The number of nitrogens with one attached hydrogen (secondary N) is 2. The molecule has 8 nitrogen and oxygen atoms in total. The Bertz CT molecular complexity index is 817. The van der Waals surface area contributed by atoms with Crippen molar-refractivity contribution < 1.29 is 17.9 Å². The number of fused-ring (bicyclic) bond motifs is 1. The molecule has 0 aliphatic carbocycles. The molecule has 2 N–H and O–H groups in total. The monoisotopic (exact) mass is 397 g/mol. The Balaban J connectivity index is 1.41. The van der Waals surface area contributed by atoms with Crippen LogP contribution in [0, 0.1) is 6.92 Å². The third-order valence-corrected chi connectivity index (χ3v) is 4.24. The average molecular weight is 397 g/mol. The average Bonchev–Trinajstić information content (AvgIpc) is 3.03. The van der Waals surface area contributed by atoms with Crippen LogP contribution in [0.1, 0.15) is 23.6 Å². The molecule has 0 aromatic carbocycles. The fourth-order valence-corrected chi connectivity index (χ4v) is 2.90. The van der Waals surface area contributed by atoms with Crippen molar-refractivity contribution in [2.75, 3.05) is 20.2 Å². The number of halogens is 3. The Morgan fingerprint density at radius 2 is 2.21 bits per heavy atom. The molecule has 0 saturated heterocycles. The Morgan fingerprint density at radius 3 is 2.89 bits per heavy atom. The zero-order valence-corrected chi connectivity index (χ0v) is 15.6. The molecule has 3 rings (SSSR count). The lowest BCUT2D eigenvalue weighted by Gasteiger charge is -2.25. The number of rotatable bonds is 5. The lowest BCUT2D eigenvalue weighted by molar-refractivity contribution is -0.137. The molecule has 11 heteroatoms. The molecule has 0 saturated carbocycles. The Hall–Kier alpha value is -2.85. The van der Waals surface area contributed by atoms with Gasteiger partial charge < -0.3 is 15.4 Å². The first-order valence-electron chi connectivity index (χ1n) is 8.88. The molecule has 1 aliphatic heterocycles. The molecule has 0 fully saturated rings. The zero-order chi connectivity index (χ0) is 20.1. The fraction of sp³-hybridized carbons (Fsp3) is 0.529. The van der Waals surface area contributed by atoms with Gasteiger partial charge in [-0.05, 0) is 19.4 Å². The zero-order valence-electron chi connectivity index (χ0n) is 15.6. The summed E-state index contributed by atoms with van der Waals surface area (Å²) in [7, 11) is 1.67. The van der Waals surface area contributed by atoms with Gasteiger partial charge in [-0.25, -0.2) is 14.6 Å². The van der Waals surface area contributed by atoms with E-state index in [4.69, 9.17) is 4.74 Å². The van der Waals surface area contributed by atoms with E-state index in [1.807, 2.05) is 11.6 Å². The summed E-state index contributed by atoms with van der Waals surface area (Å²) < 4.78 is 44.8. The van der Waals surface area contributed by atoms with Crippen LogP contribution < -0.4 is 15.4 Å². The van der Waals surface area contributed by atoms with Crippen molar-refractivity contribution in [3.63, 3.8) is 0 Å². The maximum atomic E-state index is 12.5. The molecule has 0 spiro atoms. The smallest absolute Gasteiger partial charge is 0.417 e. The van der Waals surface area contributed by atoms with E-state index in [-0.39, 0.29) is 18.5 Å². The predicted octanol–water partition coefficient (Wildman–Crippen LogP) is 1.56. The van der Waals surface area contributed by atoms with E-state index in [0.29, 0.717) is 19.0 Å². The van der Waals surface area contributed by atoms with Crippen LogP contribution in [0.3, 0.4) is 0 Å². The molecule has 28 heavy (non-hydrogen) atoms. The van der Waals surface area contributed by atoms with Gasteiger partial charge in [0, 0.05) is 31.8 Å². The first kappa shape index (κ1) is 19.9. The number of nitrogens with zero attached hydrogens (tertiary/aromatic N) is 5. The summed E-state index contributed by atoms with van der Waals surface area (Å²) in [5.41, 5.74) is -0.805. The van der Waals surface area contributed by atoms with Gasteiger partial charge in [-0.1, -0.05) is 0 Å². The van der Waals surface area contributed by atoms with Crippen molar-refractivity contribution in [2.24, 2.45) is 4.99 Å². The van der Waals surface area contributed by atoms with Crippen LogP contribution in [0.25, 0.3) is 0 Å². The molecule has 1 atom stereocenters. The van der Waals surface area contributed by atoms with E-state index in [0.717, 1.165) is 36.8 Å². The molecule has 1 aliphatic rings. The second-order valence-corrected chi connectivity index (χ2v) is 6.37.